The minimum atomic E-state index is -1.97. The number of pyridine rings is 1. The highest BCUT2D eigenvalue weighted by Gasteiger charge is 2.50. The average Bonchev–Trinajstić information content (AvgIpc) is 3.73. The van der Waals surface area contributed by atoms with E-state index in [-0.39, 0.29) is 37.5 Å². The highest BCUT2D eigenvalue weighted by atomic mass is 79.9. The van der Waals surface area contributed by atoms with E-state index in [1.54, 1.807) is 50.5 Å². The zero-order valence-electron chi connectivity index (χ0n) is 24.6. The van der Waals surface area contributed by atoms with Crippen LogP contribution in [0.4, 0.5) is 10.2 Å². The molecule has 6 rings (SSSR count). The molecular formula is C30H28BrFN10O3. The standard InChI is InChI=1S/C30H28BrFN10O3/c1-17-4-7-25(31)36-28(17)37-29(45)24-11-30(32,15-40-9-8-35-39-40)16-41(24)26(44)14-42-23-6-5-20(21-12-33-19(3)34-13-21)10-22(23)27(38-42)18(2)43/h4-10,12-13,24H,11,14-16H2,1-3H3,(H,36,37,45)/t24-,30+/m0/s1. The van der Waals surface area contributed by atoms with Gasteiger partial charge in [-0.25, -0.2) is 24.0 Å². The summed E-state index contributed by atoms with van der Waals surface area (Å²) >= 11 is 3.30. The summed E-state index contributed by atoms with van der Waals surface area (Å²) in [5.41, 5.74) is 0.993. The number of nitrogens with one attached hydrogen (secondary N) is 1. The first-order valence-electron chi connectivity index (χ1n) is 14.1. The van der Waals surface area contributed by atoms with Gasteiger partial charge in [0.1, 0.15) is 40.2 Å². The fraction of sp³-hybridized carbons (Fsp3) is 0.300. The number of aromatic nitrogens is 8. The van der Waals surface area contributed by atoms with E-state index in [2.05, 4.69) is 51.6 Å². The predicted octanol–water partition coefficient (Wildman–Crippen LogP) is 3.71. The van der Waals surface area contributed by atoms with Crippen LogP contribution in [0.3, 0.4) is 0 Å². The maximum absolute atomic E-state index is 16.3. The molecule has 45 heavy (non-hydrogen) atoms. The lowest BCUT2D eigenvalue weighted by molar-refractivity contribution is -0.137. The number of Topliss-reactive ketones (excluding diaryl/α,β-unsaturated/α-hetero) is 1. The number of hydrogen-bond donors (Lipinski definition) is 1. The van der Waals surface area contributed by atoms with Gasteiger partial charge < -0.3 is 10.2 Å². The molecule has 2 atom stereocenters. The molecule has 0 saturated carbocycles. The number of likely N-dealkylation sites (tertiary alicyclic amines) is 1. The summed E-state index contributed by atoms with van der Waals surface area (Å²) in [5.74, 6) is -0.466. The Kier molecular flexibility index (Phi) is 7.95. The molecule has 5 heterocycles. The summed E-state index contributed by atoms with van der Waals surface area (Å²) in [6.45, 7) is 4.09. The maximum atomic E-state index is 16.3. The number of ketones is 1. The predicted molar refractivity (Wildman–Crippen MR) is 165 cm³/mol. The number of hydrogen-bond acceptors (Lipinski definition) is 9. The van der Waals surface area contributed by atoms with Crippen LogP contribution < -0.4 is 5.32 Å². The number of carbonyl (C=O) groups excluding carboxylic acids is 3. The van der Waals surface area contributed by atoms with Crippen LogP contribution in [-0.2, 0) is 22.7 Å². The van der Waals surface area contributed by atoms with Crippen molar-refractivity contribution in [1.29, 1.82) is 0 Å². The monoisotopic (exact) mass is 674 g/mol. The molecule has 0 unspecified atom stereocenters. The van der Waals surface area contributed by atoms with Gasteiger partial charge in [-0.3, -0.25) is 19.1 Å². The first kappa shape index (κ1) is 30.1. The molecular weight excluding hydrogens is 647 g/mol. The molecule has 0 bridgehead atoms. The molecule has 0 spiro atoms. The summed E-state index contributed by atoms with van der Waals surface area (Å²) in [6.07, 6.45) is 6.07. The molecule has 4 aromatic heterocycles. The van der Waals surface area contributed by atoms with Crippen LogP contribution in [-0.4, -0.2) is 80.5 Å². The normalized spacial score (nSPS) is 18.0. The largest absolute Gasteiger partial charge is 0.326 e. The molecule has 1 aliphatic rings. The minimum Gasteiger partial charge on any atom is -0.326 e. The van der Waals surface area contributed by atoms with E-state index < -0.39 is 23.5 Å². The lowest BCUT2D eigenvalue weighted by atomic mass is 10.0. The minimum absolute atomic E-state index is 0.186. The lowest BCUT2D eigenvalue weighted by Crippen LogP contribution is -2.45. The van der Waals surface area contributed by atoms with Gasteiger partial charge in [0.15, 0.2) is 5.78 Å². The number of amides is 2. The number of aryl methyl sites for hydroxylation is 2. The van der Waals surface area contributed by atoms with Crippen molar-refractivity contribution in [2.45, 2.75) is 52.0 Å². The number of alkyl halides is 1. The highest BCUT2D eigenvalue weighted by molar-refractivity contribution is 9.10. The highest BCUT2D eigenvalue weighted by Crippen LogP contribution is 2.34. The third kappa shape index (κ3) is 6.20. The third-order valence-electron chi connectivity index (χ3n) is 7.72. The molecule has 13 nitrogen and oxygen atoms in total. The van der Waals surface area contributed by atoms with Crippen LogP contribution >= 0.6 is 15.9 Å². The molecule has 15 heteroatoms. The van der Waals surface area contributed by atoms with Crippen LogP contribution in [0.25, 0.3) is 22.0 Å². The number of rotatable bonds is 8. The Labute approximate surface area is 265 Å². The molecule has 0 aliphatic carbocycles. The molecule has 1 aromatic carbocycles. The fourth-order valence-electron chi connectivity index (χ4n) is 5.49. The van der Waals surface area contributed by atoms with Crippen molar-refractivity contribution >= 4 is 50.2 Å². The van der Waals surface area contributed by atoms with Crippen LogP contribution in [0.2, 0.25) is 0 Å². The molecule has 0 radical (unpaired) electrons. The first-order chi connectivity index (χ1) is 21.5. The van der Waals surface area contributed by atoms with Crippen LogP contribution in [0.15, 0.2) is 59.7 Å². The van der Waals surface area contributed by atoms with Crippen molar-refractivity contribution in [1.82, 2.24) is 44.6 Å². The van der Waals surface area contributed by atoms with Crippen molar-refractivity contribution in [2.24, 2.45) is 0 Å². The smallest absolute Gasteiger partial charge is 0.248 e. The van der Waals surface area contributed by atoms with E-state index in [0.29, 0.717) is 32.7 Å². The Bertz CT molecular complexity index is 1930. The quantitative estimate of drug-likeness (QED) is 0.192. The second-order valence-electron chi connectivity index (χ2n) is 11.1. The van der Waals surface area contributed by atoms with Gasteiger partial charge in [-0.15, -0.1) is 5.10 Å². The van der Waals surface area contributed by atoms with Gasteiger partial charge in [0, 0.05) is 42.9 Å². The summed E-state index contributed by atoms with van der Waals surface area (Å²) in [4.78, 5) is 54.1. The number of benzene rings is 1. The second-order valence-corrected chi connectivity index (χ2v) is 11.9. The average molecular weight is 676 g/mol. The molecule has 230 valence electrons. The molecule has 1 fully saturated rings. The van der Waals surface area contributed by atoms with Crippen LogP contribution in [0.5, 0.6) is 0 Å². The Morgan fingerprint density at radius 1 is 1.11 bits per heavy atom. The maximum Gasteiger partial charge on any atom is 0.248 e. The van der Waals surface area contributed by atoms with Crippen molar-refractivity contribution in [2.75, 3.05) is 11.9 Å². The van der Waals surface area contributed by atoms with E-state index in [1.165, 1.54) is 33.6 Å². The third-order valence-corrected chi connectivity index (χ3v) is 8.16. The van der Waals surface area contributed by atoms with Crippen molar-refractivity contribution < 1.29 is 18.8 Å². The fourth-order valence-corrected chi connectivity index (χ4v) is 5.80. The number of fused-ring (bicyclic) bond motifs is 1. The first-order valence-corrected chi connectivity index (χ1v) is 14.9. The Balaban J connectivity index is 1.31. The van der Waals surface area contributed by atoms with E-state index in [9.17, 15) is 14.4 Å². The number of halogens is 2. The molecule has 1 N–H and O–H groups in total. The van der Waals surface area contributed by atoms with Crippen molar-refractivity contribution in [3.8, 4) is 11.1 Å². The topological polar surface area (TPSA) is 154 Å². The van der Waals surface area contributed by atoms with Gasteiger partial charge in [-0.05, 0) is 59.1 Å². The van der Waals surface area contributed by atoms with Gasteiger partial charge in [-0.2, -0.15) is 5.10 Å². The van der Waals surface area contributed by atoms with E-state index in [0.717, 1.165) is 11.1 Å². The van der Waals surface area contributed by atoms with E-state index >= 15 is 4.39 Å². The second kappa shape index (κ2) is 11.9. The van der Waals surface area contributed by atoms with Gasteiger partial charge in [0.05, 0.1) is 24.8 Å². The molecule has 5 aromatic rings. The van der Waals surface area contributed by atoms with E-state index in [4.69, 9.17) is 0 Å². The van der Waals surface area contributed by atoms with Crippen molar-refractivity contribution in [3.05, 3.63) is 76.8 Å². The van der Waals surface area contributed by atoms with Crippen LogP contribution in [0, 0.1) is 13.8 Å². The zero-order chi connectivity index (χ0) is 31.9. The van der Waals surface area contributed by atoms with Gasteiger partial charge in [-0.1, -0.05) is 17.3 Å². The van der Waals surface area contributed by atoms with Gasteiger partial charge in [0.25, 0.3) is 0 Å². The summed E-state index contributed by atoms with van der Waals surface area (Å²) < 4.78 is 19.6. The Hall–Kier alpha value is -4.92. The number of nitrogens with zero attached hydrogens (tertiary/aromatic N) is 9. The Morgan fingerprint density at radius 2 is 1.89 bits per heavy atom. The van der Waals surface area contributed by atoms with Gasteiger partial charge >= 0.3 is 0 Å². The summed E-state index contributed by atoms with van der Waals surface area (Å²) in [7, 11) is 0. The van der Waals surface area contributed by atoms with E-state index in [1.807, 2.05) is 6.07 Å². The molecule has 2 amide bonds. The Morgan fingerprint density at radius 3 is 2.60 bits per heavy atom. The number of carbonyl (C=O) groups is 3. The lowest BCUT2D eigenvalue weighted by Gasteiger charge is -2.24. The summed E-state index contributed by atoms with van der Waals surface area (Å²) in [6, 6.07) is 7.76. The number of anilines is 1. The van der Waals surface area contributed by atoms with Gasteiger partial charge in [0.2, 0.25) is 11.8 Å². The summed E-state index contributed by atoms with van der Waals surface area (Å²) in [5, 5.41) is 15.4. The molecule has 1 aliphatic heterocycles. The zero-order valence-corrected chi connectivity index (χ0v) is 26.2. The van der Waals surface area contributed by atoms with Crippen LogP contribution in [0.1, 0.15) is 35.2 Å². The van der Waals surface area contributed by atoms with Crippen molar-refractivity contribution in [3.63, 3.8) is 0 Å². The SMILES string of the molecule is CC(=O)c1nn(CC(=O)N2C[C@](F)(Cn3ccnn3)C[C@H]2C(=O)Nc2nc(Br)ccc2C)c2ccc(-c3cnc(C)nc3)cc12. The molecule has 1 saturated heterocycles.